The first-order chi connectivity index (χ1) is 21.3. The molecule has 0 aromatic heterocycles. The van der Waals surface area contributed by atoms with E-state index in [-0.39, 0.29) is 35.0 Å². The van der Waals surface area contributed by atoms with E-state index in [1.54, 1.807) is 26.0 Å². The molecule has 2 aromatic carbocycles. The second kappa shape index (κ2) is 11.2. The van der Waals surface area contributed by atoms with Crippen LogP contribution in [-0.2, 0) is 14.3 Å². The number of aliphatic hydroxyl groups excluding tert-OH is 1. The van der Waals surface area contributed by atoms with E-state index in [0.29, 0.717) is 48.1 Å². The molecule has 4 aliphatic carbocycles. The summed E-state index contributed by atoms with van der Waals surface area (Å²) >= 11 is 6.26. The van der Waals surface area contributed by atoms with Gasteiger partial charge in [-0.1, -0.05) is 30.2 Å². The molecule has 2 N–H and O–H groups in total. The van der Waals surface area contributed by atoms with E-state index >= 15 is 4.39 Å². The van der Waals surface area contributed by atoms with Gasteiger partial charge >= 0.3 is 5.97 Å². The van der Waals surface area contributed by atoms with Crippen LogP contribution in [-0.4, -0.2) is 50.5 Å². The summed E-state index contributed by atoms with van der Waals surface area (Å²) in [4.78, 5) is 39.5. The average Bonchev–Trinajstić information content (AvgIpc) is 3.28. The van der Waals surface area contributed by atoms with Gasteiger partial charge in [-0.2, -0.15) is 0 Å². The summed E-state index contributed by atoms with van der Waals surface area (Å²) in [6, 6.07) is 9.31. The number of ether oxygens (including phenoxy) is 2. The van der Waals surface area contributed by atoms with E-state index in [1.165, 1.54) is 48.6 Å². The molecule has 0 bridgehead atoms. The first kappa shape index (κ1) is 31.8. The molecule has 0 aliphatic heterocycles. The number of esters is 1. The van der Waals surface area contributed by atoms with Crippen LogP contribution in [0.3, 0.4) is 0 Å². The maximum atomic E-state index is 17.5. The predicted octanol–water partition coefficient (Wildman–Crippen LogP) is 7.29. The van der Waals surface area contributed by atoms with Crippen molar-refractivity contribution in [1.82, 2.24) is 0 Å². The van der Waals surface area contributed by atoms with Crippen molar-refractivity contribution in [2.24, 2.45) is 22.7 Å². The molecule has 11 heteroatoms. The summed E-state index contributed by atoms with van der Waals surface area (Å²) in [6.45, 7) is 3.44. The molecule has 0 radical (unpaired) electrons. The van der Waals surface area contributed by atoms with Crippen molar-refractivity contribution in [3.05, 3.63) is 76.9 Å². The van der Waals surface area contributed by atoms with Crippen LogP contribution in [0.4, 0.5) is 8.78 Å². The number of hydrogen-bond donors (Lipinski definition) is 2. The third-order valence-corrected chi connectivity index (χ3v) is 11.8. The molecule has 3 unspecified atom stereocenters. The Labute approximate surface area is 268 Å². The number of carbonyl (C=O) groups is 3. The SMILES string of the molecule is C[C@]12C=CC(=O)C=C1CCC1C3CC[C@](OC(=O)c4ccc(Oc5ccc(Cl)c(O)c5)cc4)(C(=O)SCF)[C@@]3(C)C[C@H](O)C12F. The molecule has 6 rings (SSSR count). The number of benzene rings is 2. The molecule has 0 spiro atoms. The van der Waals surface area contributed by atoms with Crippen LogP contribution in [0.1, 0.15) is 56.3 Å². The summed E-state index contributed by atoms with van der Waals surface area (Å²) in [7, 11) is 0. The van der Waals surface area contributed by atoms with Gasteiger partial charge in [0.25, 0.3) is 0 Å². The highest BCUT2D eigenvalue weighted by atomic mass is 35.5. The van der Waals surface area contributed by atoms with Gasteiger partial charge in [0.2, 0.25) is 5.12 Å². The minimum Gasteiger partial charge on any atom is -0.506 e. The molecule has 7 nitrogen and oxygen atoms in total. The van der Waals surface area contributed by atoms with E-state index in [1.807, 2.05) is 0 Å². The quantitative estimate of drug-likeness (QED) is 0.312. The zero-order chi connectivity index (χ0) is 32.4. The number of carbonyl (C=O) groups excluding carboxylic acids is 3. The first-order valence-corrected chi connectivity index (χ1v) is 16.2. The number of rotatable bonds is 6. The summed E-state index contributed by atoms with van der Waals surface area (Å²) in [5, 5.41) is 21.0. The van der Waals surface area contributed by atoms with E-state index in [9.17, 15) is 29.0 Å². The Morgan fingerprint density at radius 1 is 1.09 bits per heavy atom. The van der Waals surface area contributed by atoms with E-state index in [0.717, 1.165) is 0 Å². The molecular formula is C34H33ClF2O7S. The van der Waals surface area contributed by atoms with Crippen molar-refractivity contribution < 1.29 is 42.9 Å². The van der Waals surface area contributed by atoms with Gasteiger partial charge in [-0.3, -0.25) is 9.59 Å². The number of hydrogen-bond acceptors (Lipinski definition) is 8. The van der Waals surface area contributed by atoms with Crippen LogP contribution >= 0.6 is 23.4 Å². The van der Waals surface area contributed by atoms with Crippen LogP contribution in [0.15, 0.2) is 66.3 Å². The van der Waals surface area contributed by atoms with Crippen molar-refractivity contribution in [2.75, 3.05) is 6.01 Å². The minimum atomic E-state index is -2.12. The van der Waals surface area contributed by atoms with Crippen molar-refractivity contribution in [3.63, 3.8) is 0 Å². The monoisotopic (exact) mass is 658 g/mol. The molecule has 0 amide bonds. The lowest BCUT2D eigenvalue weighted by Crippen LogP contribution is -2.69. The van der Waals surface area contributed by atoms with Gasteiger partial charge in [0.1, 0.15) is 23.3 Å². The van der Waals surface area contributed by atoms with Crippen molar-refractivity contribution in [3.8, 4) is 17.2 Å². The normalized spacial score (nSPS) is 35.1. The fraction of sp³-hybridized carbons (Fsp3) is 0.441. The number of alkyl halides is 2. The summed E-state index contributed by atoms with van der Waals surface area (Å²) in [5.41, 5.74) is -5.58. The third-order valence-electron chi connectivity index (χ3n) is 10.8. The molecule has 2 aromatic rings. The zero-order valence-electron chi connectivity index (χ0n) is 24.7. The molecular weight excluding hydrogens is 626 g/mol. The maximum Gasteiger partial charge on any atom is 0.339 e. The van der Waals surface area contributed by atoms with Gasteiger partial charge < -0.3 is 19.7 Å². The molecule has 3 fully saturated rings. The number of phenols is 1. The standard InChI is InChI=1S/C34H33ClF2O7S/c1-31-13-11-21(38)15-20(31)5-9-25-24-12-14-33(30(42)45-18-36,32(24,2)17-28(40)34(25,31)37)44-29(41)19-3-6-22(7-4-19)43-23-8-10-26(35)27(39)16-23/h3-4,6-8,10-11,13,15-16,24-25,28,39-40H,5,9,12,14,17-18H2,1-2H3/t24?,25?,28-,31-,32-,33-,34?/m0/s1. The number of aromatic hydroxyl groups is 1. The van der Waals surface area contributed by atoms with Crippen LogP contribution in [0, 0.1) is 22.7 Å². The Morgan fingerprint density at radius 3 is 2.49 bits per heavy atom. The first-order valence-electron chi connectivity index (χ1n) is 14.8. The predicted molar refractivity (Wildman–Crippen MR) is 165 cm³/mol. The Kier molecular flexibility index (Phi) is 7.93. The molecule has 0 saturated heterocycles. The number of aliphatic hydroxyl groups is 1. The Bertz CT molecular complexity index is 1630. The maximum absolute atomic E-state index is 17.5. The lowest BCUT2D eigenvalue weighted by Gasteiger charge is -2.62. The van der Waals surface area contributed by atoms with Crippen molar-refractivity contribution in [2.45, 2.75) is 63.3 Å². The Hall–Kier alpha value is -3.21. The average molecular weight is 659 g/mol. The second-order valence-electron chi connectivity index (χ2n) is 12.8. The number of phenolic OH excluding ortho intramolecular Hbond substituents is 1. The number of halogens is 3. The number of fused-ring (bicyclic) bond motifs is 5. The van der Waals surface area contributed by atoms with Gasteiger partial charge in [0, 0.05) is 22.8 Å². The summed E-state index contributed by atoms with van der Waals surface area (Å²) in [5.74, 6) is -1.67. The van der Waals surface area contributed by atoms with E-state index in [4.69, 9.17) is 21.1 Å². The lowest BCUT2D eigenvalue weighted by atomic mass is 9.45. The summed E-state index contributed by atoms with van der Waals surface area (Å²) in [6.07, 6.45) is 3.80. The summed E-state index contributed by atoms with van der Waals surface area (Å²) < 4.78 is 42.9. The number of allylic oxidation sites excluding steroid dienone is 4. The topological polar surface area (TPSA) is 110 Å². The van der Waals surface area contributed by atoms with Crippen LogP contribution < -0.4 is 4.74 Å². The van der Waals surface area contributed by atoms with Crippen LogP contribution in [0.5, 0.6) is 17.2 Å². The highest BCUT2D eigenvalue weighted by molar-refractivity contribution is 8.13. The van der Waals surface area contributed by atoms with Gasteiger partial charge in [-0.15, -0.1) is 0 Å². The lowest BCUT2D eigenvalue weighted by molar-refractivity contribution is -0.214. The number of thioether (sulfide) groups is 1. The van der Waals surface area contributed by atoms with Crippen LogP contribution in [0.2, 0.25) is 5.02 Å². The largest absolute Gasteiger partial charge is 0.506 e. The highest BCUT2D eigenvalue weighted by Crippen LogP contribution is 2.70. The fourth-order valence-corrected chi connectivity index (χ4v) is 9.30. The molecule has 3 saturated carbocycles. The molecule has 4 aliphatic rings. The van der Waals surface area contributed by atoms with Crippen molar-refractivity contribution >= 4 is 40.2 Å². The van der Waals surface area contributed by atoms with Gasteiger partial charge in [-0.25, -0.2) is 13.6 Å². The van der Waals surface area contributed by atoms with Crippen LogP contribution in [0.25, 0.3) is 0 Å². The van der Waals surface area contributed by atoms with Gasteiger partial charge in [0.15, 0.2) is 17.1 Å². The fourth-order valence-electron chi connectivity index (χ4n) is 8.48. The van der Waals surface area contributed by atoms with E-state index < -0.39 is 57.1 Å². The Balaban J connectivity index is 1.30. The minimum absolute atomic E-state index is 0.0556. The number of ketones is 1. The van der Waals surface area contributed by atoms with Gasteiger partial charge in [-0.05, 0) is 105 Å². The molecule has 238 valence electrons. The van der Waals surface area contributed by atoms with E-state index in [2.05, 4.69) is 0 Å². The highest BCUT2D eigenvalue weighted by Gasteiger charge is 2.75. The molecule has 45 heavy (non-hydrogen) atoms. The molecule has 7 atom stereocenters. The van der Waals surface area contributed by atoms with Crippen molar-refractivity contribution in [1.29, 1.82) is 0 Å². The zero-order valence-corrected chi connectivity index (χ0v) is 26.3. The molecule has 0 heterocycles. The third kappa shape index (κ3) is 4.74. The second-order valence-corrected chi connectivity index (χ2v) is 14.1. The smallest absolute Gasteiger partial charge is 0.339 e. The Morgan fingerprint density at radius 2 is 1.80 bits per heavy atom. The van der Waals surface area contributed by atoms with Gasteiger partial charge in [0.05, 0.1) is 16.7 Å².